The fourth-order valence-electron chi connectivity index (χ4n) is 3.10. The number of hydrogen-bond acceptors (Lipinski definition) is 4. The number of aromatic hydroxyl groups is 1. The SMILES string of the molecule is O=C(NC1CC2CCC(C1)N2)c1cc(O)[nH]c(=O)c1. The van der Waals surface area contributed by atoms with Gasteiger partial charge in [-0.25, -0.2) is 0 Å². The Balaban J connectivity index is 1.69. The van der Waals surface area contributed by atoms with Crippen molar-refractivity contribution in [1.82, 2.24) is 15.6 Å². The summed E-state index contributed by atoms with van der Waals surface area (Å²) in [7, 11) is 0. The number of carbonyl (C=O) groups is 1. The van der Waals surface area contributed by atoms with E-state index >= 15 is 0 Å². The third-order valence-electron chi connectivity index (χ3n) is 3.90. The molecule has 2 aliphatic heterocycles. The summed E-state index contributed by atoms with van der Waals surface area (Å²) < 4.78 is 0. The number of amides is 1. The molecule has 0 spiro atoms. The Kier molecular flexibility index (Phi) is 3.02. The van der Waals surface area contributed by atoms with Gasteiger partial charge in [-0.2, -0.15) is 0 Å². The highest BCUT2D eigenvalue weighted by molar-refractivity contribution is 5.94. The summed E-state index contributed by atoms with van der Waals surface area (Å²) >= 11 is 0. The lowest BCUT2D eigenvalue weighted by Crippen LogP contribution is -2.48. The molecule has 0 aromatic carbocycles. The standard InChI is InChI=1S/C13H17N3O3/c17-11-3-7(4-12(18)16-11)13(19)15-10-5-8-1-2-9(6-10)14-8/h3-4,8-10,14H,1-2,5-6H2,(H,15,19)(H2,16,17,18). The van der Waals surface area contributed by atoms with Gasteiger partial charge in [0.15, 0.2) is 5.88 Å². The molecule has 2 fully saturated rings. The van der Waals surface area contributed by atoms with Gasteiger partial charge >= 0.3 is 0 Å². The number of rotatable bonds is 2. The van der Waals surface area contributed by atoms with Crippen molar-refractivity contribution in [1.29, 1.82) is 0 Å². The Labute approximate surface area is 110 Å². The quantitative estimate of drug-likeness (QED) is 0.608. The van der Waals surface area contributed by atoms with Gasteiger partial charge in [-0.15, -0.1) is 0 Å². The van der Waals surface area contributed by atoms with Crippen LogP contribution >= 0.6 is 0 Å². The molecule has 2 saturated heterocycles. The maximum Gasteiger partial charge on any atom is 0.251 e. The first-order valence-electron chi connectivity index (χ1n) is 6.60. The van der Waals surface area contributed by atoms with E-state index in [9.17, 15) is 14.7 Å². The zero-order valence-corrected chi connectivity index (χ0v) is 10.5. The molecule has 2 aliphatic rings. The van der Waals surface area contributed by atoms with Crippen LogP contribution in [0.2, 0.25) is 0 Å². The van der Waals surface area contributed by atoms with Crippen molar-refractivity contribution in [3.05, 3.63) is 28.0 Å². The number of piperidine rings is 1. The first-order valence-corrected chi connectivity index (χ1v) is 6.60. The molecule has 2 atom stereocenters. The van der Waals surface area contributed by atoms with Crippen LogP contribution in [0.4, 0.5) is 0 Å². The average Bonchev–Trinajstić information content (AvgIpc) is 2.67. The summed E-state index contributed by atoms with van der Waals surface area (Å²) in [5, 5.41) is 15.8. The second kappa shape index (κ2) is 4.70. The highest BCUT2D eigenvalue weighted by Crippen LogP contribution is 2.26. The molecule has 0 radical (unpaired) electrons. The minimum atomic E-state index is -0.476. The Bertz CT molecular complexity index is 542. The first-order chi connectivity index (χ1) is 9.10. The molecule has 19 heavy (non-hydrogen) atoms. The largest absolute Gasteiger partial charge is 0.494 e. The van der Waals surface area contributed by atoms with Gasteiger partial charge in [0.2, 0.25) is 0 Å². The predicted molar refractivity (Wildman–Crippen MR) is 69.2 cm³/mol. The summed E-state index contributed by atoms with van der Waals surface area (Å²) in [6.07, 6.45) is 4.19. The highest BCUT2D eigenvalue weighted by Gasteiger charge is 2.34. The van der Waals surface area contributed by atoms with Crippen LogP contribution in [0, 0.1) is 0 Å². The highest BCUT2D eigenvalue weighted by atomic mass is 16.3. The van der Waals surface area contributed by atoms with Crippen LogP contribution in [-0.2, 0) is 0 Å². The molecule has 3 rings (SSSR count). The van der Waals surface area contributed by atoms with E-state index in [1.54, 1.807) is 0 Å². The van der Waals surface area contributed by atoms with Crippen LogP contribution in [0.25, 0.3) is 0 Å². The van der Waals surface area contributed by atoms with Crippen molar-refractivity contribution in [3.8, 4) is 5.88 Å². The van der Waals surface area contributed by atoms with Crippen molar-refractivity contribution in [2.24, 2.45) is 0 Å². The molecule has 6 heteroatoms. The molecule has 0 saturated carbocycles. The van der Waals surface area contributed by atoms with E-state index in [1.165, 1.54) is 25.0 Å². The van der Waals surface area contributed by atoms with Crippen LogP contribution in [-0.4, -0.2) is 34.1 Å². The Morgan fingerprint density at radius 3 is 2.58 bits per heavy atom. The van der Waals surface area contributed by atoms with Crippen LogP contribution in [0.15, 0.2) is 16.9 Å². The zero-order valence-electron chi connectivity index (χ0n) is 10.5. The molecule has 2 unspecified atom stereocenters. The normalized spacial score (nSPS) is 29.2. The van der Waals surface area contributed by atoms with Crippen LogP contribution in [0.1, 0.15) is 36.0 Å². The molecule has 1 amide bonds. The van der Waals surface area contributed by atoms with E-state index in [0.29, 0.717) is 12.1 Å². The van der Waals surface area contributed by atoms with E-state index in [-0.39, 0.29) is 23.4 Å². The number of nitrogens with one attached hydrogen (secondary N) is 3. The molecule has 6 nitrogen and oxygen atoms in total. The van der Waals surface area contributed by atoms with Crippen LogP contribution in [0.3, 0.4) is 0 Å². The minimum Gasteiger partial charge on any atom is -0.494 e. The summed E-state index contributed by atoms with van der Waals surface area (Å²) in [5.74, 6) is -0.587. The third kappa shape index (κ3) is 2.63. The summed E-state index contributed by atoms with van der Waals surface area (Å²) in [5.41, 5.74) is -0.275. The monoisotopic (exact) mass is 263 g/mol. The number of aromatic nitrogens is 1. The van der Waals surface area contributed by atoms with Crippen molar-refractivity contribution >= 4 is 5.91 Å². The van der Waals surface area contributed by atoms with Crippen molar-refractivity contribution in [2.45, 2.75) is 43.8 Å². The number of aromatic amines is 1. The van der Waals surface area contributed by atoms with Gasteiger partial charge < -0.3 is 15.7 Å². The second-order valence-corrected chi connectivity index (χ2v) is 5.40. The number of carbonyl (C=O) groups excluding carboxylic acids is 1. The number of H-pyrrole nitrogens is 1. The summed E-state index contributed by atoms with van der Waals surface area (Å²) in [6.45, 7) is 0. The molecule has 0 aliphatic carbocycles. The number of hydrogen-bond donors (Lipinski definition) is 4. The summed E-state index contributed by atoms with van der Waals surface area (Å²) in [6, 6.07) is 3.61. The van der Waals surface area contributed by atoms with Crippen LogP contribution < -0.4 is 16.2 Å². The van der Waals surface area contributed by atoms with Crippen molar-refractivity contribution in [3.63, 3.8) is 0 Å². The molecule has 102 valence electrons. The third-order valence-corrected chi connectivity index (χ3v) is 3.90. The minimum absolute atomic E-state index is 0.146. The molecule has 1 aromatic heterocycles. The van der Waals surface area contributed by atoms with Crippen molar-refractivity contribution < 1.29 is 9.90 Å². The maximum atomic E-state index is 12.1. The molecule has 1 aromatic rings. The molecule has 2 bridgehead atoms. The fourth-order valence-corrected chi connectivity index (χ4v) is 3.10. The molecular formula is C13H17N3O3. The fraction of sp³-hybridized carbons (Fsp3) is 0.538. The maximum absolute atomic E-state index is 12.1. The van der Waals surface area contributed by atoms with Gasteiger partial charge in [-0.1, -0.05) is 0 Å². The average molecular weight is 263 g/mol. The predicted octanol–water partition coefficient (Wildman–Crippen LogP) is 0.0933. The van der Waals surface area contributed by atoms with Gasteiger partial charge in [0, 0.05) is 30.3 Å². The first kappa shape index (κ1) is 12.2. The Hall–Kier alpha value is -1.82. The molecular weight excluding hydrogens is 246 g/mol. The molecule has 4 N–H and O–H groups in total. The van der Waals surface area contributed by atoms with E-state index in [0.717, 1.165) is 12.8 Å². The van der Waals surface area contributed by atoms with Gasteiger partial charge in [-0.3, -0.25) is 14.6 Å². The Morgan fingerprint density at radius 1 is 1.26 bits per heavy atom. The van der Waals surface area contributed by atoms with Gasteiger partial charge in [-0.05, 0) is 25.7 Å². The zero-order chi connectivity index (χ0) is 13.4. The smallest absolute Gasteiger partial charge is 0.251 e. The number of fused-ring (bicyclic) bond motifs is 2. The van der Waals surface area contributed by atoms with Gasteiger partial charge in [0.1, 0.15) is 0 Å². The van der Waals surface area contributed by atoms with E-state index in [2.05, 4.69) is 15.6 Å². The summed E-state index contributed by atoms with van der Waals surface area (Å²) in [4.78, 5) is 25.5. The molecule has 3 heterocycles. The lowest BCUT2D eigenvalue weighted by atomic mass is 9.99. The van der Waals surface area contributed by atoms with Crippen molar-refractivity contribution in [2.75, 3.05) is 0 Å². The topological polar surface area (TPSA) is 94.2 Å². The Morgan fingerprint density at radius 2 is 1.95 bits per heavy atom. The lowest BCUT2D eigenvalue weighted by molar-refractivity contribution is 0.0923. The van der Waals surface area contributed by atoms with E-state index < -0.39 is 5.56 Å². The van der Waals surface area contributed by atoms with E-state index in [1.807, 2.05) is 0 Å². The number of pyridine rings is 1. The lowest BCUT2D eigenvalue weighted by Gasteiger charge is -2.29. The second-order valence-electron chi connectivity index (χ2n) is 5.40. The van der Waals surface area contributed by atoms with Gasteiger partial charge in [0.05, 0.1) is 5.56 Å². The van der Waals surface area contributed by atoms with Gasteiger partial charge in [0.25, 0.3) is 11.5 Å². The van der Waals surface area contributed by atoms with Crippen LogP contribution in [0.5, 0.6) is 5.88 Å². The van der Waals surface area contributed by atoms with E-state index in [4.69, 9.17) is 0 Å².